The summed E-state index contributed by atoms with van der Waals surface area (Å²) in [7, 11) is 1.65. The van der Waals surface area contributed by atoms with Crippen molar-refractivity contribution in [2.75, 3.05) is 12.5 Å². The van der Waals surface area contributed by atoms with Gasteiger partial charge in [0.2, 0.25) is 5.95 Å². The van der Waals surface area contributed by atoms with E-state index in [0.717, 1.165) is 38.0 Å². The van der Waals surface area contributed by atoms with E-state index < -0.39 is 0 Å². The molecule has 1 heterocycles. The lowest BCUT2D eigenvalue weighted by molar-refractivity contribution is 0.283. The minimum atomic E-state index is 0.454. The summed E-state index contributed by atoms with van der Waals surface area (Å²) in [4.78, 5) is 4.65. The first-order chi connectivity index (χ1) is 17.2. The molecule has 0 unspecified atom stereocenters. The molecule has 35 heavy (non-hydrogen) atoms. The van der Waals surface area contributed by atoms with Crippen LogP contribution in [0.3, 0.4) is 0 Å². The van der Waals surface area contributed by atoms with Gasteiger partial charge in [0, 0.05) is 6.54 Å². The molecule has 0 saturated carbocycles. The fraction of sp³-hybridized carbons (Fsp3) is 0.143. The van der Waals surface area contributed by atoms with Crippen LogP contribution in [0.1, 0.15) is 18.1 Å². The van der Waals surface area contributed by atoms with Crippen molar-refractivity contribution in [2.24, 2.45) is 5.10 Å². The van der Waals surface area contributed by atoms with Crippen LogP contribution in [0.25, 0.3) is 21.8 Å². The number of nitrogens with zero attached hydrogens (tertiary/aromatic N) is 3. The third-order valence-corrected chi connectivity index (χ3v) is 6.65. The first-order valence-electron chi connectivity index (χ1n) is 11.4. The van der Waals surface area contributed by atoms with Gasteiger partial charge in [0.15, 0.2) is 11.5 Å². The molecule has 0 spiro atoms. The molecule has 0 radical (unpaired) electrons. The molecule has 0 aliphatic heterocycles. The molecule has 1 N–H and O–H groups in total. The number of rotatable bonds is 8. The van der Waals surface area contributed by atoms with Gasteiger partial charge in [0.25, 0.3) is 0 Å². The van der Waals surface area contributed by atoms with Crippen LogP contribution < -0.4 is 14.9 Å². The third kappa shape index (κ3) is 4.81. The lowest BCUT2D eigenvalue weighted by atomic mass is 10.1. The quantitative estimate of drug-likeness (QED) is 0.125. The lowest BCUT2D eigenvalue weighted by Crippen LogP contribution is -2.03. The number of hydrogen-bond donors (Lipinski definition) is 1. The Morgan fingerprint density at radius 2 is 1.83 bits per heavy atom. The van der Waals surface area contributed by atoms with Crippen LogP contribution in [0, 0.1) is 3.57 Å². The highest BCUT2D eigenvalue weighted by Gasteiger charge is 2.13. The molecular formula is C28H25IN4O2. The molecule has 0 bridgehead atoms. The van der Waals surface area contributed by atoms with Crippen LogP contribution in [0.15, 0.2) is 84.0 Å². The number of nitrogens with one attached hydrogen (secondary N) is 1. The maximum absolute atomic E-state index is 6.24. The Kier molecular flexibility index (Phi) is 6.85. The molecule has 6 nitrogen and oxygen atoms in total. The average Bonchev–Trinajstić information content (AvgIpc) is 3.25. The molecule has 0 amide bonds. The number of para-hydroxylation sites is 2. The molecule has 1 aromatic heterocycles. The van der Waals surface area contributed by atoms with Gasteiger partial charge < -0.3 is 14.0 Å². The average molecular weight is 576 g/mol. The number of benzene rings is 4. The number of methoxy groups -OCH3 is 1. The van der Waals surface area contributed by atoms with E-state index in [0.29, 0.717) is 18.3 Å². The molecule has 4 aromatic carbocycles. The highest BCUT2D eigenvalue weighted by molar-refractivity contribution is 14.1. The second-order valence-electron chi connectivity index (χ2n) is 8.00. The number of ether oxygens (including phenoxy) is 2. The van der Waals surface area contributed by atoms with Gasteiger partial charge in [-0.1, -0.05) is 54.6 Å². The van der Waals surface area contributed by atoms with E-state index in [1.807, 2.05) is 42.5 Å². The Morgan fingerprint density at radius 3 is 2.69 bits per heavy atom. The number of anilines is 1. The lowest BCUT2D eigenvalue weighted by Gasteiger charge is -2.14. The van der Waals surface area contributed by atoms with E-state index in [1.165, 1.54) is 10.8 Å². The SMILES string of the molecule is CCn1c(N/N=C\c2cc(I)c(OCc3cccc4ccccc34)c(OC)c2)nc2ccccc21. The first kappa shape index (κ1) is 23.2. The molecule has 176 valence electrons. The highest BCUT2D eigenvalue weighted by Crippen LogP contribution is 2.34. The van der Waals surface area contributed by atoms with Crippen molar-refractivity contribution >= 4 is 56.6 Å². The van der Waals surface area contributed by atoms with Crippen molar-refractivity contribution in [3.8, 4) is 11.5 Å². The van der Waals surface area contributed by atoms with Crippen LogP contribution in [0.2, 0.25) is 0 Å². The Bertz CT molecular complexity index is 1520. The van der Waals surface area contributed by atoms with E-state index >= 15 is 0 Å². The topological polar surface area (TPSA) is 60.7 Å². The predicted octanol–water partition coefficient (Wildman–Crippen LogP) is 6.85. The van der Waals surface area contributed by atoms with Gasteiger partial charge in [-0.2, -0.15) is 5.10 Å². The summed E-state index contributed by atoms with van der Waals surface area (Å²) in [5, 5.41) is 6.82. The number of fused-ring (bicyclic) bond motifs is 2. The molecule has 0 aliphatic carbocycles. The molecular weight excluding hydrogens is 551 g/mol. The summed E-state index contributed by atoms with van der Waals surface area (Å²) in [6.07, 6.45) is 1.76. The Labute approximate surface area is 217 Å². The highest BCUT2D eigenvalue weighted by atomic mass is 127. The molecule has 0 fully saturated rings. The Balaban J connectivity index is 1.35. The van der Waals surface area contributed by atoms with E-state index in [1.54, 1.807) is 13.3 Å². The number of aromatic nitrogens is 2. The number of halogens is 1. The number of imidazole rings is 1. The van der Waals surface area contributed by atoms with Crippen molar-refractivity contribution in [3.63, 3.8) is 0 Å². The van der Waals surface area contributed by atoms with Crippen molar-refractivity contribution in [1.82, 2.24) is 9.55 Å². The minimum absolute atomic E-state index is 0.454. The zero-order valence-electron chi connectivity index (χ0n) is 19.5. The number of hydrogen-bond acceptors (Lipinski definition) is 5. The zero-order valence-corrected chi connectivity index (χ0v) is 21.7. The smallest absolute Gasteiger partial charge is 0.224 e. The summed E-state index contributed by atoms with van der Waals surface area (Å²) in [6.45, 7) is 3.34. The van der Waals surface area contributed by atoms with Gasteiger partial charge in [0.05, 0.1) is 27.9 Å². The summed E-state index contributed by atoms with van der Waals surface area (Å²) >= 11 is 2.28. The van der Waals surface area contributed by atoms with Crippen molar-refractivity contribution in [3.05, 3.63) is 93.6 Å². The van der Waals surface area contributed by atoms with Gasteiger partial charge in [0.1, 0.15) is 6.61 Å². The van der Waals surface area contributed by atoms with Crippen molar-refractivity contribution < 1.29 is 9.47 Å². The van der Waals surface area contributed by atoms with Gasteiger partial charge in [-0.15, -0.1) is 0 Å². The minimum Gasteiger partial charge on any atom is -0.493 e. The van der Waals surface area contributed by atoms with Crippen LogP contribution in [-0.4, -0.2) is 22.9 Å². The van der Waals surface area contributed by atoms with Crippen LogP contribution in [-0.2, 0) is 13.2 Å². The van der Waals surface area contributed by atoms with Gasteiger partial charge in [-0.25, -0.2) is 10.4 Å². The van der Waals surface area contributed by atoms with Crippen LogP contribution in [0.5, 0.6) is 11.5 Å². The molecule has 5 rings (SSSR count). The van der Waals surface area contributed by atoms with Crippen LogP contribution >= 0.6 is 22.6 Å². The largest absolute Gasteiger partial charge is 0.493 e. The van der Waals surface area contributed by atoms with Crippen molar-refractivity contribution in [1.29, 1.82) is 0 Å². The zero-order chi connectivity index (χ0) is 24.2. The Hall–Kier alpha value is -3.59. The molecule has 0 saturated heterocycles. The Morgan fingerprint density at radius 1 is 1.03 bits per heavy atom. The molecule has 0 aliphatic rings. The monoisotopic (exact) mass is 576 g/mol. The second-order valence-corrected chi connectivity index (χ2v) is 9.16. The van der Waals surface area contributed by atoms with Gasteiger partial charge in [-0.05, 0) is 75.7 Å². The first-order valence-corrected chi connectivity index (χ1v) is 12.5. The predicted molar refractivity (Wildman–Crippen MR) is 151 cm³/mol. The maximum Gasteiger partial charge on any atom is 0.224 e. The molecule has 7 heteroatoms. The van der Waals surface area contributed by atoms with E-state index in [9.17, 15) is 0 Å². The summed E-state index contributed by atoms with van der Waals surface area (Å²) < 4.78 is 14.9. The normalized spacial score (nSPS) is 11.4. The van der Waals surface area contributed by atoms with Crippen LogP contribution in [0.4, 0.5) is 5.95 Å². The van der Waals surface area contributed by atoms with E-state index in [4.69, 9.17) is 9.47 Å². The van der Waals surface area contributed by atoms with Crippen molar-refractivity contribution in [2.45, 2.75) is 20.1 Å². The number of hydrazone groups is 1. The molecule has 0 atom stereocenters. The maximum atomic E-state index is 6.24. The summed E-state index contributed by atoms with van der Waals surface area (Å²) in [5.41, 5.74) is 7.14. The standard InChI is InChI=1S/C28H25IN4O2/c1-3-33-25-14-7-6-13-24(25)31-28(33)32-30-17-19-15-23(29)27(26(16-19)34-2)35-18-21-11-8-10-20-9-4-5-12-22(20)21/h4-17H,3,18H2,1-2H3,(H,31,32)/b30-17-. The van der Waals surface area contributed by atoms with E-state index in [-0.39, 0.29) is 0 Å². The van der Waals surface area contributed by atoms with Gasteiger partial charge in [-0.3, -0.25) is 0 Å². The van der Waals surface area contributed by atoms with Gasteiger partial charge >= 0.3 is 0 Å². The fourth-order valence-corrected chi connectivity index (χ4v) is 4.95. The molecule has 5 aromatic rings. The second kappa shape index (κ2) is 10.4. The summed E-state index contributed by atoms with van der Waals surface area (Å²) in [5.74, 6) is 2.10. The summed E-state index contributed by atoms with van der Waals surface area (Å²) in [6, 6.07) is 26.6. The number of aryl methyl sites for hydroxylation is 1. The van der Waals surface area contributed by atoms with E-state index in [2.05, 4.69) is 86.0 Å². The third-order valence-electron chi connectivity index (χ3n) is 5.85. The fourth-order valence-electron chi connectivity index (χ4n) is 4.17.